The van der Waals surface area contributed by atoms with Crippen molar-refractivity contribution in [1.82, 2.24) is 20.6 Å². The van der Waals surface area contributed by atoms with Crippen LogP contribution in [0.1, 0.15) is 17.7 Å². The van der Waals surface area contributed by atoms with Crippen LogP contribution in [0.3, 0.4) is 0 Å². The number of hydrogen-bond acceptors (Lipinski definition) is 7. The topological polar surface area (TPSA) is 161 Å². The zero-order valence-electron chi connectivity index (χ0n) is 11.7. The Morgan fingerprint density at radius 3 is 2.83 bits per heavy atom. The van der Waals surface area contributed by atoms with Crippen LogP contribution in [-0.4, -0.2) is 37.5 Å². The largest absolute Gasteiger partial charge is 0.508 e. The van der Waals surface area contributed by atoms with Gasteiger partial charge in [0.05, 0.1) is 6.21 Å². The molecule has 10 heteroatoms. The fourth-order valence-electron chi connectivity index (χ4n) is 1.64. The summed E-state index contributed by atoms with van der Waals surface area (Å²) in [6.45, 7) is 0. The second-order valence-corrected chi connectivity index (χ2v) is 4.49. The second kappa shape index (κ2) is 7.02. The van der Waals surface area contributed by atoms with Crippen molar-refractivity contribution in [3.05, 3.63) is 50.3 Å². The highest BCUT2D eigenvalue weighted by molar-refractivity contribution is 5.85. The summed E-state index contributed by atoms with van der Waals surface area (Å²) in [7, 11) is 0. The molecule has 0 fully saturated rings. The molecule has 0 spiro atoms. The van der Waals surface area contributed by atoms with Gasteiger partial charge in [-0.15, -0.1) is 0 Å². The van der Waals surface area contributed by atoms with Crippen LogP contribution < -0.4 is 16.7 Å². The van der Waals surface area contributed by atoms with Crippen LogP contribution in [0.4, 0.5) is 0 Å². The Bertz CT molecular complexity index is 854. The average Bonchev–Trinajstić information content (AvgIpc) is 2.48. The number of nitrogens with zero attached hydrogens (tertiary/aromatic N) is 2. The Hall–Kier alpha value is -3.43. The number of hydrazone groups is 1. The Morgan fingerprint density at radius 1 is 1.35 bits per heavy atom. The minimum atomic E-state index is -0.721. The molecule has 0 saturated carbocycles. The molecule has 0 unspecified atom stereocenters. The van der Waals surface area contributed by atoms with E-state index < -0.39 is 17.2 Å². The van der Waals surface area contributed by atoms with E-state index in [-0.39, 0.29) is 30.0 Å². The van der Waals surface area contributed by atoms with E-state index in [1.54, 1.807) is 0 Å². The fraction of sp³-hybridized carbons (Fsp3) is 0.154. The second-order valence-electron chi connectivity index (χ2n) is 4.49. The smallest absolute Gasteiger partial charge is 0.342 e. The lowest BCUT2D eigenvalue weighted by Gasteiger charge is -2.01. The van der Waals surface area contributed by atoms with Crippen molar-refractivity contribution in [2.75, 3.05) is 0 Å². The monoisotopic (exact) mass is 319 g/mol. The zero-order chi connectivity index (χ0) is 16.8. The molecule has 0 aliphatic carbocycles. The number of nitrogens with one attached hydrogen (secondary N) is 3. The SMILES string of the molecule is O=C(CCc1n[nH]c(=O)[nH]c1=O)N/N=C/c1ccc(O)cc1O. The van der Waals surface area contributed by atoms with Crippen molar-refractivity contribution in [2.45, 2.75) is 12.8 Å². The molecule has 120 valence electrons. The lowest BCUT2D eigenvalue weighted by molar-refractivity contribution is -0.121. The lowest BCUT2D eigenvalue weighted by Crippen LogP contribution is -2.28. The molecule has 23 heavy (non-hydrogen) atoms. The van der Waals surface area contributed by atoms with Gasteiger partial charge in [-0.3, -0.25) is 14.6 Å². The number of carbonyl (C=O) groups is 1. The first-order valence-corrected chi connectivity index (χ1v) is 6.47. The molecule has 0 bridgehead atoms. The van der Waals surface area contributed by atoms with E-state index in [2.05, 4.69) is 20.7 Å². The molecule has 1 heterocycles. The minimum Gasteiger partial charge on any atom is -0.508 e. The number of H-pyrrole nitrogens is 2. The number of phenols is 2. The average molecular weight is 319 g/mol. The minimum absolute atomic E-state index is 0.0257. The number of aromatic hydroxyl groups is 2. The van der Waals surface area contributed by atoms with Gasteiger partial charge in [0.2, 0.25) is 5.91 Å². The van der Waals surface area contributed by atoms with E-state index >= 15 is 0 Å². The van der Waals surface area contributed by atoms with Crippen LogP contribution in [0.2, 0.25) is 0 Å². The van der Waals surface area contributed by atoms with Crippen molar-refractivity contribution < 1.29 is 15.0 Å². The van der Waals surface area contributed by atoms with Crippen molar-refractivity contribution in [3.63, 3.8) is 0 Å². The molecule has 0 atom stereocenters. The third kappa shape index (κ3) is 4.52. The number of aryl methyl sites for hydroxylation is 1. The summed E-state index contributed by atoms with van der Waals surface area (Å²) in [6, 6.07) is 3.92. The Kier molecular flexibility index (Phi) is 4.87. The highest BCUT2D eigenvalue weighted by Crippen LogP contribution is 2.20. The molecule has 1 amide bonds. The number of aromatic amines is 2. The number of amides is 1. The first-order valence-electron chi connectivity index (χ1n) is 6.47. The first kappa shape index (κ1) is 15.9. The number of rotatable bonds is 5. The van der Waals surface area contributed by atoms with Crippen LogP contribution in [0, 0.1) is 0 Å². The van der Waals surface area contributed by atoms with Crippen molar-refractivity contribution in [2.24, 2.45) is 5.10 Å². The van der Waals surface area contributed by atoms with E-state index in [1.165, 1.54) is 18.3 Å². The lowest BCUT2D eigenvalue weighted by atomic mass is 10.2. The maximum Gasteiger partial charge on any atom is 0.342 e. The summed E-state index contributed by atoms with van der Waals surface area (Å²) < 4.78 is 0. The predicted molar refractivity (Wildman–Crippen MR) is 79.3 cm³/mol. The molecular weight excluding hydrogens is 306 g/mol. The quantitative estimate of drug-likeness (QED) is 0.349. The fourth-order valence-corrected chi connectivity index (χ4v) is 1.64. The van der Waals surface area contributed by atoms with Crippen LogP contribution in [0.15, 0.2) is 32.9 Å². The number of aromatic nitrogens is 3. The Labute approximate surface area is 128 Å². The molecule has 0 radical (unpaired) electrons. The van der Waals surface area contributed by atoms with E-state index in [9.17, 15) is 19.5 Å². The summed E-state index contributed by atoms with van der Waals surface area (Å²) in [6.07, 6.45) is 1.16. The number of carbonyl (C=O) groups excluding carboxylic acids is 1. The Balaban J connectivity index is 1.88. The van der Waals surface area contributed by atoms with Gasteiger partial charge in [-0.25, -0.2) is 15.3 Å². The summed E-state index contributed by atoms with van der Waals surface area (Å²) in [5.41, 5.74) is 1.18. The van der Waals surface area contributed by atoms with Crippen molar-refractivity contribution in [1.29, 1.82) is 0 Å². The van der Waals surface area contributed by atoms with E-state index in [0.29, 0.717) is 5.56 Å². The number of hydrogen-bond donors (Lipinski definition) is 5. The summed E-state index contributed by atoms with van der Waals surface area (Å²) >= 11 is 0. The highest BCUT2D eigenvalue weighted by atomic mass is 16.3. The molecule has 0 saturated heterocycles. The van der Waals surface area contributed by atoms with Gasteiger partial charge in [-0.2, -0.15) is 10.2 Å². The molecule has 1 aromatic heterocycles. The molecule has 5 N–H and O–H groups in total. The van der Waals surface area contributed by atoms with Crippen LogP contribution in [0.5, 0.6) is 11.5 Å². The van der Waals surface area contributed by atoms with Gasteiger partial charge in [0, 0.05) is 24.5 Å². The van der Waals surface area contributed by atoms with Gasteiger partial charge in [0.1, 0.15) is 17.2 Å². The maximum atomic E-state index is 11.6. The van der Waals surface area contributed by atoms with E-state index in [0.717, 1.165) is 6.07 Å². The Morgan fingerprint density at radius 2 is 2.13 bits per heavy atom. The van der Waals surface area contributed by atoms with Gasteiger partial charge in [-0.05, 0) is 12.1 Å². The third-order valence-corrected chi connectivity index (χ3v) is 2.78. The van der Waals surface area contributed by atoms with Gasteiger partial charge in [-0.1, -0.05) is 0 Å². The summed E-state index contributed by atoms with van der Waals surface area (Å²) in [4.78, 5) is 35.7. The maximum absolute atomic E-state index is 11.6. The van der Waals surface area contributed by atoms with Gasteiger partial charge < -0.3 is 10.2 Å². The van der Waals surface area contributed by atoms with Crippen LogP contribution >= 0.6 is 0 Å². The van der Waals surface area contributed by atoms with Crippen LogP contribution in [-0.2, 0) is 11.2 Å². The van der Waals surface area contributed by atoms with Gasteiger partial charge in [0.25, 0.3) is 5.56 Å². The van der Waals surface area contributed by atoms with E-state index in [1.807, 2.05) is 4.98 Å². The number of phenolic OH excluding ortho intramolecular Hbond substituents is 2. The molecule has 2 aromatic rings. The highest BCUT2D eigenvalue weighted by Gasteiger charge is 2.06. The molecule has 0 aliphatic heterocycles. The first-order chi connectivity index (χ1) is 11.0. The van der Waals surface area contributed by atoms with Crippen molar-refractivity contribution in [3.8, 4) is 11.5 Å². The molecule has 2 rings (SSSR count). The van der Waals surface area contributed by atoms with Gasteiger partial charge in [0.15, 0.2) is 0 Å². The van der Waals surface area contributed by atoms with E-state index in [4.69, 9.17) is 5.11 Å². The summed E-state index contributed by atoms with van der Waals surface area (Å²) in [5.74, 6) is -0.763. The van der Waals surface area contributed by atoms with Gasteiger partial charge >= 0.3 is 5.69 Å². The van der Waals surface area contributed by atoms with Crippen molar-refractivity contribution >= 4 is 12.1 Å². The zero-order valence-corrected chi connectivity index (χ0v) is 11.7. The van der Waals surface area contributed by atoms with Crippen LogP contribution in [0.25, 0.3) is 0 Å². The predicted octanol–water partition coefficient (Wildman–Crippen LogP) is -1.05. The normalized spacial score (nSPS) is 10.8. The number of benzene rings is 1. The summed E-state index contributed by atoms with van der Waals surface area (Å²) in [5, 5.41) is 27.9. The standard InChI is InChI=1S/C13H13N5O5/c19-8-2-1-7(10(20)5-8)6-14-17-11(21)4-3-9-12(22)15-13(23)18-16-9/h1-2,5-6,19-20H,3-4H2,(H,17,21)(H2,15,18,22,23)/b14-6+. The molecule has 1 aromatic carbocycles. The third-order valence-electron chi connectivity index (χ3n) is 2.78. The molecular formula is C13H13N5O5. The molecule has 10 nitrogen and oxygen atoms in total. The molecule has 0 aliphatic rings.